The highest BCUT2D eigenvalue weighted by atomic mass is 19.1. The van der Waals surface area contributed by atoms with Gasteiger partial charge in [-0.15, -0.1) is 0 Å². The number of carbonyl (C=O) groups is 1. The smallest absolute Gasteiger partial charge is 0.342 e. The van der Waals surface area contributed by atoms with Crippen molar-refractivity contribution >= 4 is 17.3 Å². The maximum atomic E-state index is 13.6. The van der Waals surface area contributed by atoms with Crippen molar-refractivity contribution in [2.75, 3.05) is 31.7 Å². The Morgan fingerprint density at radius 1 is 1.45 bits per heavy atom. The number of hydrogen-bond donors (Lipinski definition) is 3. The number of nitrogens with zero attached hydrogens (tertiary/aromatic N) is 1. The summed E-state index contributed by atoms with van der Waals surface area (Å²) in [7, 11) is 0. The molecule has 0 unspecified atom stereocenters. The molecular formula is C11H13FN2O6. The molecule has 1 aromatic carbocycles. The Balaban J connectivity index is 2.84. The maximum absolute atomic E-state index is 13.6. The topological polar surface area (TPSA) is 122 Å². The molecule has 110 valence electrons. The SMILES string of the molecule is O=C(O)c1cc(NCCOCCO)c(F)cc1[N+](=O)[O-]. The molecule has 9 heteroatoms. The minimum Gasteiger partial charge on any atom is -0.477 e. The van der Waals surface area contributed by atoms with Gasteiger partial charge in [-0.1, -0.05) is 0 Å². The molecule has 3 N–H and O–H groups in total. The van der Waals surface area contributed by atoms with Crippen LogP contribution >= 0.6 is 0 Å². The predicted molar refractivity (Wildman–Crippen MR) is 66.4 cm³/mol. The van der Waals surface area contributed by atoms with E-state index in [4.69, 9.17) is 14.9 Å². The van der Waals surface area contributed by atoms with E-state index in [2.05, 4.69) is 5.32 Å². The van der Waals surface area contributed by atoms with Gasteiger partial charge in [0.15, 0.2) is 5.82 Å². The van der Waals surface area contributed by atoms with Crippen LogP contribution in [-0.4, -0.2) is 47.5 Å². The molecule has 1 aromatic rings. The molecule has 0 aliphatic heterocycles. The molecule has 0 fully saturated rings. The second-order valence-corrected chi connectivity index (χ2v) is 3.67. The largest absolute Gasteiger partial charge is 0.477 e. The van der Waals surface area contributed by atoms with Crippen molar-refractivity contribution in [3.05, 3.63) is 33.6 Å². The molecule has 0 saturated carbocycles. The van der Waals surface area contributed by atoms with Crippen LogP contribution in [0, 0.1) is 15.9 Å². The average Bonchev–Trinajstić information content (AvgIpc) is 2.39. The van der Waals surface area contributed by atoms with E-state index in [9.17, 15) is 19.3 Å². The Morgan fingerprint density at radius 2 is 2.15 bits per heavy atom. The van der Waals surface area contributed by atoms with Gasteiger partial charge in [0.05, 0.1) is 36.5 Å². The number of aliphatic hydroxyl groups is 1. The summed E-state index contributed by atoms with van der Waals surface area (Å²) in [5.74, 6) is -2.44. The number of nitrogens with one attached hydrogen (secondary N) is 1. The Labute approximate surface area is 112 Å². The predicted octanol–water partition coefficient (Wildman–Crippen LogP) is 0.853. The van der Waals surface area contributed by atoms with Crippen molar-refractivity contribution in [3.8, 4) is 0 Å². The van der Waals surface area contributed by atoms with Gasteiger partial charge < -0.3 is 20.3 Å². The highest BCUT2D eigenvalue weighted by Gasteiger charge is 2.23. The summed E-state index contributed by atoms with van der Waals surface area (Å²) < 4.78 is 18.5. The lowest BCUT2D eigenvalue weighted by Gasteiger charge is -2.09. The molecule has 0 heterocycles. The van der Waals surface area contributed by atoms with Crippen molar-refractivity contribution in [1.82, 2.24) is 0 Å². The summed E-state index contributed by atoms with van der Waals surface area (Å²) in [6, 6.07) is 1.42. The molecule has 1 rings (SSSR count). The highest BCUT2D eigenvalue weighted by Crippen LogP contribution is 2.26. The van der Waals surface area contributed by atoms with Crippen molar-refractivity contribution in [3.63, 3.8) is 0 Å². The van der Waals surface area contributed by atoms with E-state index in [0.29, 0.717) is 6.07 Å². The van der Waals surface area contributed by atoms with E-state index >= 15 is 0 Å². The van der Waals surface area contributed by atoms with Gasteiger partial charge >= 0.3 is 5.97 Å². The number of carboxylic acid groups (broad SMARTS) is 1. The molecule has 0 aromatic heterocycles. The Morgan fingerprint density at radius 3 is 2.70 bits per heavy atom. The number of aliphatic hydroxyl groups excluding tert-OH is 1. The summed E-state index contributed by atoms with van der Waals surface area (Å²) in [5, 5.41) is 30.5. The van der Waals surface area contributed by atoms with E-state index in [1.165, 1.54) is 0 Å². The molecule has 0 bridgehead atoms. The van der Waals surface area contributed by atoms with Crippen LogP contribution in [0.2, 0.25) is 0 Å². The summed E-state index contributed by atoms with van der Waals surface area (Å²) in [4.78, 5) is 20.6. The molecule has 0 spiro atoms. The molecule has 0 radical (unpaired) electrons. The lowest BCUT2D eigenvalue weighted by atomic mass is 10.1. The summed E-state index contributed by atoms with van der Waals surface area (Å²) in [5.41, 5.74) is -1.58. The Hall–Kier alpha value is -2.26. The number of ether oxygens (including phenoxy) is 1. The van der Waals surface area contributed by atoms with Gasteiger partial charge in [-0.25, -0.2) is 9.18 Å². The first-order chi connectivity index (χ1) is 9.47. The molecule has 0 saturated heterocycles. The zero-order valence-electron chi connectivity index (χ0n) is 10.3. The van der Waals surface area contributed by atoms with E-state index in [1.54, 1.807) is 0 Å². The van der Waals surface area contributed by atoms with Gasteiger partial charge in [-0.3, -0.25) is 10.1 Å². The number of nitro benzene ring substituents is 1. The third-order valence-corrected chi connectivity index (χ3v) is 2.31. The molecule has 0 aliphatic carbocycles. The van der Waals surface area contributed by atoms with Crippen LogP contribution in [0.1, 0.15) is 10.4 Å². The van der Waals surface area contributed by atoms with Crippen LogP contribution in [0.3, 0.4) is 0 Å². The van der Waals surface area contributed by atoms with Crippen molar-refractivity contribution in [2.24, 2.45) is 0 Å². The van der Waals surface area contributed by atoms with Crippen LogP contribution in [0.4, 0.5) is 15.8 Å². The summed E-state index contributed by atoms with van der Waals surface area (Å²) >= 11 is 0. The average molecular weight is 288 g/mol. The second kappa shape index (κ2) is 7.36. The van der Waals surface area contributed by atoms with Crippen molar-refractivity contribution in [1.29, 1.82) is 0 Å². The first kappa shape index (κ1) is 15.8. The Bertz CT molecular complexity index is 508. The number of halogens is 1. The maximum Gasteiger partial charge on any atom is 0.342 e. The Kier molecular flexibility index (Phi) is 5.81. The van der Waals surface area contributed by atoms with Gasteiger partial charge in [0.2, 0.25) is 0 Å². The molecular weight excluding hydrogens is 275 g/mol. The van der Waals surface area contributed by atoms with Crippen molar-refractivity contribution < 1.29 is 29.1 Å². The standard InChI is InChI=1S/C11H13FN2O6/c12-8-6-10(14(18)19)7(11(16)17)5-9(8)13-1-3-20-4-2-15/h5-6,13,15H,1-4H2,(H,16,17). The minimum atomic E-state index is -1.52. The van der Waals surface area contributed by atoms with E-state index < -0.39 is 28.0 Å². The number of carboxylic acids is 1. The van der Waals surface area contributed by atoms with E-state index in [-0.39, 0.29) is 32.1 Å². The van der Waals surface area contributed by atoms with E-state index in [0.717, 1.165) is 6.07 Å². The number of rotatable bonds is 8. The number of hydrogen-bond acceptors (Lipinski definition) is 6. The van der Waals surface area contributed by atoms with E-state index in [1.807, 2.05) is 0 Å². The zero-order chi connectivity index (χ0) is 15.1. The van der Waals surface area contributed by atoms with Gasteiger partial charge in [0.25, 0.3) is 5.69 Å². The monoisotopic (exact) mass is 288 g/mol. The number of aromatic carboxylic acids is 1. The van der Waals surface area contributed by atoms with Gasteiger partial charge in [-0.2, -0.15) is 0 Å². The minimum absolute atomic E-state index is 0.130. The third-order valence-electron chi connectivity index (χ3n) is 2.31. The van der Waals surface area contributed by atoms with Crippen LogP contribution in [0.15, 0.2) is 12.1 Å². The lowest BCUT2D eigenvalue weighted by Crippen LogP contribution is -2.13. The fraction of sp³-hybridized carbons (Fsp3) is 0.364. The third kappa shape index (κ3) is 4.14. The molecule has 0 amide bonds. The number of anilines is 1. The zero-order valence-corrected chi connectivity index (χ0v) is 10.3. The second-order valence-electron chi connectivity index (χ2n) is 3.67. The summed E-state index contributed by atoms with van der Waals surface area (Å²) in [6.07, 6.45) is 0. The quantitative estimate of drug-likeness (QED) is 0.368. The lowest BCUT2D eigenvalue weighted by molar-refractivity contribution is -0.385. The highest BCUT2D eigenvalue weighted by molar-refractivity contribution is 5.93. The van der Waals surface area contributed by atoms with Crippen LogP contribution < -0.4 is 5.32 Å². The van der Waals surface area contributed by atoms with Gasteiger partial charge in [0.1, 0.15) is 5.56 Å². The van der Waals surface area contributed by atoms with Crippen LogP contribution in [-0.2, 0) is 4.74 Å². The number of benzene rings is 1. The van der Waals surface area contributed by atoms with Gasteiger partial charge in [0, 0.05) is 6.54 Å². The van der Waals surface area contributed by atoms with Gasteiger partial charge in [-0.05, 0) is 6.07 Å². The fourth-order valence-corrected chi connectivity index (χ4v) is 1.45. The fourth-order valence-electron chi connectivity index (χ4n) is 1.45. The normalized spacial score (nSPS) is 10.3. The van der Waals surface area contributed by atoms with Crippen LogP contribution in [0.5, 0.6) is 0 Å². The first-order valence-electron chi connectivity index (χ1n) is 5.61. The molecule has 0 atom stereocenters. The first-order valence-corrected chi connectivity index (χ1v) is 5.61. The van der Waals surface area contributed by atoms with Crippen molar-refractivity contribution in [2.45, 2.75) is 0 Å². The number of nitro groups is 1. The molecule has 8 nitrogen and oxygen atoms in total. The molecule has 0 aliphatic rings. The van der Waals surface area contributed by atoms with Crippen LogP contribution in [0.25, 0.3) is 0 Å². The summed E-state index contributed by atoms with van der Waals surface area (Å²) in [6.45, 7) is 0.313. The molecule has 20 heavy (non-hydrogen) atoms.